The maximum Gasteiger partial charge on any atom is 0.235 e. The second-order valence-electron chi connectivity index (χ2n) is 3.59. The first-order valence-electron chi connectivity index (χ1n) is 4.82. The SMILES string of the molecule is O=C(CCl)NC1CCc2sccc2C1O. The van der Waals surface area contributed by atoms with Gasteiger partial charge in [-0.1, -0.05) is 0 Å². The van der Waals surface area contributed by atoms with Crippen LogP contribution in [0.1, 0.15) is 23.0 Å². The Hall–Kier alpha value is -0.580. The number of carbonyl (C=O) groups is 1. The molecule has 1 heterocycles. The maximum absolute atomic E-state index is 11.1. The molecule has 1 amide bonds. The smallest absolute Gasteiger partial charge is 0.235 e. The number of nitrogens with one attached hydrogen (secondary N) is 1. The van der Waals surface area contributed by atoms with Gasteiger partial charge in [0.25, 0.3) is 0 Å². The van der Waals surface area contributed by atoms with Crippen LogP contribution in [0, 0.1) is 0 Å². The fraction of sp³-hybridized carbons (Fsp3) is 0.500. The van der Waals surface area contributed by atoms with E-state index >= 15 is 0 Å². The van der Waals surface area contributed by atoms with Gasteiger partial charge in [0.15, 0.2) is 0 Å². The molecule has 1 aliphatic carbocycles. The molecule has 0 fully saturated rings. The Kier molecular flexibility index (Phi) is 3.29. The van der Waals surface area contributed by atoms with Gasteiger partial charge in [-0.25, -0.2) is 0 Å². The van der Waals surface area contributed by atoms with E-state index in [1.54, 1.807) is 11.3 Å². The zero-order valence-electron chi connectivity index (χ0n) is 8.07. The van der Waals surface area contributed by atoms with Gasteiger partial charge in [0.05, 0.1) is 6.04 Å². The van der Waals surface area contributed by atoms with Gasteiger partial charge in [-0.05, 0) is 29.9 Å². The van der Waals surface area contributed by atoms with E-state index in [4.69, 9.17) is 11.6 Å². The lowest BCUT2D eigenvalue weighted by molar-refractivity contribution is -0.120. The molecule has 2 N–H and O–H groups in total. The van der Waals surface area contributed by atoms with E-state index in [-0.39, 0.29) is 17.8 Å². The van der Waals surface area contributed by atoms with Gasteiger partial charge >= 0.3 is 0 Å². The Morgan fingerprint density at radius 3 is 3.27 bits per heavy atom. The summed E-state index contributed by atoms with van der Waals surface area (Å²) in [5.74, 6) is -0.279. The summed E-state index contributed by atoms with van der Waals surface area (Å²) in [5.41, 5.74) is 0.950. The normalized spacial score (nSPS) is 24.7. The standard InChI is InChI=1S/C10H12ClNO2S/c11-5-9(13)12-7-1-2-8-6(10(7)14)3-4-15-8/h3-4,7,10,14H,1-2,5H2,(H,12,13). The van der Waals surface area contributed by atoms with Crippen LogP contribution in [0.2, 0.25) is 0 Å². The van der Waals surface area contributed by atoms with Crippen molar-refractivity contribution >= 4 is 28.8 Å². The van der Waals surface area contributed by atoms with Crippen LogP contribution in [0.5, 0.6) is 0 Å². The first-order chi connectivity index (χ1) is 7.22. The van der Waals surface area contributed by atoms with Crippen molar-refractivity contribution < 1.29 is 9.90 Å². The van der Waals surface area contributed by atoms with Crippen LogP contribution in [0.3, 0.4) is 0 Å². The molecule has 2 rings (SSSR count). The lowest BCUT2D eigenvalue weighted by atomic mass is 9.91. The third-order valence-electron chi connectivity index (χ3n) is 2.63. The van der Waals surface area contributed by atoms with Crippen molar-refractivity contribution in [2.45, 2.75) is 25.0 Å². The Labute approximate surface area is 97.1 Å². The van der Waals surface area contributed by atoms with Crippen molar-refractivity contribution in [1.29, 1.82) is 0 Å². The lowest BCUT2D eigenvalue weighted by Crippen LogP contribution is -2.42. The highest BCUT2D eigenvalue weighted by molar-refractivity contribution is 7.10. The third-order valence-corrected chi connectivity index (χ3v) is 3.87. The Bertz CT molecular complexity index is 366. The second kappa shape index (κ2) is 4.51. The summed E-state index contributed by atoms with van der Waals surface area (Å²) in [7, 11) is 0. The van der Waals surface area contributed by atoms with Crippen molar-refractivity contribution in [2.24, 2.45) is 0 Å². The average molecular weight is 246 g/mol. The topological polar surface area (TPSA) is 49.3 Å². The third kappa shape index (κ3) is 2.17. The van der Waals surface area contributed by atoms with E-state index in [1.807, 2.05) is 11.4 Å². The first kappa shape index (κ1) is 10.9. The van der Waals surface area contributed by atoms with Crippen molar-refractivity contribution in [1.82, 2.24) is 5.32 Å². The minimum Gasteiger partial charge on any atom is -0.386 e. The van der Waals surface area contributed by atoms with Crippen molar-refractivity contribution in [2.75, 3.05) is 5.88 Å². The summed E-state index contributed by atoms with van der Waals surface area (Å²) in [6.07, 6.45) is 1.10. The number of hydrogen-bond donors (Lipinski definition) is 2. The van der Waals surface area contributed by atoms with Gasteiger partial charge in [0, 0.05) is 4.88 Å². The number of halogens is 1. The summed E-state index contributed by atoms with van der Waals surface area (Å²) in [5, 5.41) is 14.7. The molecule has 0 aliphatic heterocycles. The number of thiophene rings is 1. The summed E-state index contributed by atoms with van der Waals surface area (Å²) in [6, 6.07) is 1.72. The van der Waals surface area contributed by atoms with Crippen LogP contribution in [0.25, 0.3) is 0 Å². The molecule has 1 aromatic heterocycles. The summed E-state index contributed by atoms with van der Waals surface area (Å²) < 4.78 is 0. The molecule has 0 bridgehead atoms. The summed E-state index contributed by atoms with van der Waals surface area (Å²) >= 11 is 7.06. The van der Waals surface area contributed by atoms with E-state index in [1.165, 1.54) is 4.88 Å². The van der Waals surface area contributed by atoms with Gasteiger partial charge in [-0.15, -0.1) is 22.9 Å². The summed E-state index contributed by atoms with van der Waals surface area (Å²) in [6.45, 7) is 0. The molecule has 2 unspecified atom stereocenters. The van der Waals surface area contributed by atoms with Crippen LogP contribution in [-0.2, 0) is 11.2 Å². The van der Waals surface area contributed by atoms with Crippen LogP contribution in [-0.4, -0.2) is 22.9 Å². The molecule has 0 saturated carbocycles. The molecule has 0 spiro atoms. The molecule has 1 aromatic rings. The lowest BCUT2D eigenvalue weighted by Gasteiger charge is -2.28. The monoisotopic (exact) mass is 245 g/mol. The van der Waals surface area contributed by atoms with E-state index in [0.717, 1.165) is 18.4 Å². The molecule has 0 saturated heterocycles. The van der Waals surface area contributed by atoms with Crippen LogP contribution >= 0.6 is 22.9 Å². The van der Waals surface area contributed by atoms with E-state index in [2.05, 4.69) is 5.32 Å². The predicted molar refractivity (Wildman–Crippen MR) is 60.3 cm³/mol. The molecular formula is C10H12ClNO2S. The molecule has 3 nitrogen and oxygen atoms in total. The van der Waals surface area contributed by atoms with Gasteiger partial charge in [-0.3, -0.25) is 4.79 Å². The number of aliphatic hydroxyl groups is 1. The summed E-state index contributed by atoms with van der Waals surface area (Å²) in [4.78, 5) is 12.3. The average Bonchev–Trinajstić information content (AvgIpc) is 2.70. The number of aliphatic hydroxyl groups excluding tert-OH is 1. The van der Waals surface area contributed by atoms with Crippen molar-refractivity contribution in [3.8, 4) is 0 Å². The zero-order valence-corrected chi connectivity index (χ0v) is 9.64. The van der Waals surface area contributed by atoms with Gasteiger partial charge < -0.3 is 10.4 Å². The number of amides is 1. The molecule has 5 heteroatoms. The quantitative estimate of drug-likeness (QED) is 0.775. The highest BCUT2D eigenvalue weighted by Crippen LogP contribution is 2.33. The number of rotatable bonds is 2. The highest BCUT2D eigenvalue weighted by atomic mass is 35.5. The number of alkyl halides is 1. The molecule has 0 radical (unpaired) electrons. The molecular weight excluding hydrogens is 234 g/mol. The molecule has 15 heavy (non-hydrogen) atoms. The number of fused-ring (bicyclic) bond motifs is 1. The fourth-order valence-electron chi connectivity index (χ4n) is 1.87. The largest absolute Gasteiger partial charge is 0.386 e. The Balaban J connectivity index is 2.09. The zero-order chi connectivity index (χ0) is 10.8. The Morgan fingerprint density at radius 2 is 2.53 bits per heavy atom. The van der Waals surface area contributed by atoms with Gasteiger partial charge in [0.2, 0.25) is 5.91 Å². The molecule has 82 valence electrons. The van der Waals surface area contributed by atoms with E-state index < -0.39 is 6.10 Å². The van der Waals surface area contributed by atoms with Crippen molar-refractivity contribution in [3.63, 3.8) is 0 Å². The van der Waals surface area contributed by atoms with Crippen LogP contribution in [0.4, 0.5) is 0 Å². The predicted octanol–water partition coefficient (Wildman–Crippen LogP) is 1.45. The van der Waals surface area contributed by atoms with Crippen LogP contribution < -0.4 is 5.32 Å². The van der Waals surface area contributed by atoms with E-state index in [0.29, 0.717) is 0 Å². The fourth-order valence-corrected chi connectivity index (χ4v) is 2.89. The van der Waals surface area contributed by atoms with Gasteiger partial charge in [-0.2, -0.15) is 0 Å². The van der Waals surface area contributed by atoms with Gasteiger partial charge in [0.1, 0.15) is 12.0 Å². The molecule has 0 aromatic carbocycles. The highest BCUT2D eigenvalue weighted by Gasteiger charge is 2.29. The Morgan fingerprint density at radius 1 is 1.73 bits per heavy atom. The first-order valence-corrected chi connectivity index (χ1v) is 6.23. The second-order valence-corrected chi connectivity index (χ2v) is 4.86. The minimum atomic E-state index is -0.591. The number of hydrogen-bond acceptors (Lipinski definition) is 3. The molecule has 2 atom stereocenters. The number of aryl methyl sites for hydroxylation is 1. The minimum absolute atomic E-state index is 0.0558. The van der Waals surface area contributed by atoms with E-state index in [9.17, 15) is 9.90 Å². The maximum atomic E-state index is 11.1. The van der Waals surface area contributed by atoms with Crippen molar-refractivity contribution in [3.05, 3.63) is 21.9 Å². The molecule has 1 aliphatic rings. The van der Waals surface area contributed by atoms with Crippen LogP contribution in [0.15, 0.2) is 11.4 Å². The number of carbonyl (C=O) groups excluding carboxylic acids is 1.